The third-order valence-corrected chi connectivity index (χ3v) is 7.07. The maximum absolute atomic E-state index is 13.4. The van der Waals surface area contributed by atoms with Crippen molar-refractivity contribution in [1.29, 1.82) is 0 Å². The number of rotatable bonds is 7. The SMILES string of the molecule is CCn1c(SCC(=O)NC(C)(C)CC)nc2sc(C)c(-c3ccc(F)cc3)c2c1=O. The second kappa shape index (κ2) is 8.89. The molecule has 0 bridgehead atoms. The minimum atomic E-state index is -0.316. The van der Waals surface area contributed by atoms with Gasteiger partial charge in [-0.1, -0.05) is 30.8 Å². The summed E-state index contributed by atoms with van der Waals surface area (Å²) in [5.74, 6) is -0.210. The van der Waals surface area contributed by atoms with Gasteiger partial charge in [-0.05, 0) is 51.8 Å². The van der Waals surface area contributed by atoms with Gasteiger partial charge in [0.1, 0.15) is 10.6 Å². The number of hydrogen-bond donors (Lipinski definition) is 1. The Morgan fingerprint density at radius 2 is 1.93 bits per heavy atom. The Morgan fingerprint density at radius 1 is 1.27 bits per heavy atom. The fourth-order valence-corrected chi connectivity index (χ4v) is 5.11. The van der Waals surface area contributed by atoms with Gasteiger partial charge in [0.05, 0.1) is 11.1 Å². The number of benzene rings is 1. The maximum atomic E-state index is 13.4. The fraction of sp³-hybridized carbons (Fsp3) is 0.409. The number of carbonyl (C=O) groups excluding carboxylic acids is 1. The molecule has 30 heavy (non-hydrogen) atoms. The van der Waals surface area contributed by atoms with E-state index in [4.69, 9.17) is 4.98 Å². The number of aryl methyl sites for hydroxylation is 1. The lowest BCUT2D eigenvalue weighted by atomic mass is 10.0. The van der Waals surface area contributed by atoms with Gasteiger partial charge < -0.3 is 5.32 Å². The van der Waals surface area contributed by atoms with E-state index in [1.165, 1.54) is 35.2 Å². The Hall–Kier alpha value is -2.19. The molecule has 0 spiro atoms. The topological polar surface area (TPSA) is 64.0 Å². The number of amides is 1. The van der Waals surface area contributed by atoms with E-state index in [9.17, 15) is 14.0 Å². The van der Waals surface area contributed by atoms with Gasteiger partial charge in [0.2, 0.25) is 5.91 Å². The van der Waals surface area contributed by atoms with Gasteiger partial charge in [-0.2, -0.15) is 0 Å². The van der Waals surface area contributed by atoms with Gasteiger partial charge in [0, 0.05) is 22.5 Å². The van der Waals surface area contributed by atoms with Gasteiger partial charge in [-0.3, -0.25) is 14.2 Å². The van der Waals surface area contributed by atoms with Crippen molar-refractivity contribution in [3.8, 4) is 11.1 Å². The highest BCUT2D eigenvalue weighted by atomic mass is 32.2. The molecule has 3 rings (SSSR count). The van der Waals surface area contributed by atoms with Crippen LogP contribution in [-0.2, 0) is 11.3 Å². The van der Waals surface area contributed by atoms with E-state index in [2.05, 4.69) is 5.32 Å². The molecule has 1 aromatic carbocycles. The summed E-state index contributed by atoms with van der Waals surface area (Å²) >= 11 is 2.71. The minimum absolute atomic E-state index is 0.0850. The van der Waals surface area contributed by atoms with Crippen LogP contribution in [0, 0.1) is 12.7 Å². The van der Waals surface area contributed by atoms with Crippen molar-refractivity contribution in [2.45, 2.75) is 58.3 Å². The first-order valence-corrected chi connectivity index (χ1v) is 11.7. The number of thioether (sulfide) groups is 1. The van der Waals surface area contributed by atoms with Crippen LogP contribution in [0.15, 0.2) is 34.2 Å². The lowest BCUT2D eigenvalue weighted by Gasteiger charge is -2.24. The molecule has 3 aromatic rings. The zero-order valence-electron chi connectivity index (χ0n) is 17.8. The molecule has 8 heteroatoms. The third kappa shape index (κ3) is 4.59. The van der Waals surface area contributed by atoms with Crippen LogP contribution in [0.4, 0.5) is 4.39 Å². The average Bonchev–Trinajstić information content (AvgIpc) is 3.03. The molecular weight excluding hydrogens is 421 g/mol. The minimum Gasteiger partial charge on any atom is -0.351 e. The Balaban J connectivity index is 2.00. The van der Waals surface area contributed by atoms with E-state index >= 15 is 0 Å². The van der Waals surface area contributed by atoms with E-state index in [0.29, 0.717) is 21.9 Å². The summed E-state index contributed by atoms with van der Waals surface area (Å²) in [6.07, 6.45) is 0.827. The Morgan fingerprint density at radius 3 is 2.53 bits per heavy atom. The highest BCUT2D eigenvalue weighted by Gasteiger charge is 2.21. The highest BCUT2D eigenvalue weighted by molar-refractivity contribution is 7.99. The maximum Gasteiger partial charge on any atom is 0.263 e. The van der Waals surface area contributed by atoms with Crippen LogP contribution in [0.2, 0.25) is 0 Å². The van der Waals surface area contributed by atoms with Crippen molar-refractivity contribution < 1.29 is 9.18 Å². The van der Waals surface area contributed by atoms with Crippen LogP contribution in [-0.4, -0.2) is 26.8 Å². The molecule has 0 unspecified atom stereocenters. The number of halogens is 1. The van der Waals surface area contributed by atoms with Crippen molar-refractivity contribution >= 4 is 39.2 Å². The molecule has 2 heterocycles. The molecule has 1 N–H and O–H groups in total. The zero-order chi connectivity index (χ0) is 22.1. The molecular formula is C22H26FN3O2S2. The Labute approximate surface area is 183 Å². The smallest absolute Gasteiger partial charge is 0.263 e. The molecule has 0 radical (unpaired) electrons. The molecule has 0 saturated heterocycles. The molecule has 2 aromatic heterocycles. The summed E-state index contributed by atoms with van der Waals surface area (Å²) in [6, 6.07) is 6.15. The predicted molar refractivity (Wildman–Crippen MR) is 123 cm³/mol. The van der Waals surface area contributed by atoms with Crippen molar-refractivity contribution in [1.82, 2.24) is 14.9 Å². The lowest BCUT2D eigenvalue weighted by Crippen LogP contribution is -2.43. The van der Waals surface area contributed by atoms with Crippen LogP contribution in [0.1, 0.15) is 39.0 Å². The van der Waals surface area contributed by atoms with Gasteiger partial charge in [-0.25, -0.2) is 9.37 Å². The normalized spacial score (nSPS) is 11.8. The van der Waals surface area contributed by atoms with Gasteiger partial charge >= 0.3 is 0 Å². The Bertz CT molecular complexity index is 1130. The second-order valence-corrected chi connectivity index (χ2v) is 9.88. The molecule has 5 nitrogen and oxygen atoms in total. The number of carbonyl (C=O) groups is 1. The predicted octanol–water partition coefficient (Wildman–Crippen LogP) is 4.99. The second-order valence-electron chi connectivity index (χ2n) is 7.74. The first-order chi connectivity index (χ1) is 14.2. The molecule has 0 fully saturated rings. The van der Waals surface area contributed by atoms with Crippen LogP contribution in [0.25, 0.3) is 21.3 Å². The number of fused-ring (bicyclic) bond motifs is 1. The molecule has 1 amide bonds. The molecule has 0 aliphatic rings. The number of hydrogen-bond acceptors (Lipinski definition) is 5. The largest absolute Gasteiger partial charge is 0.351 e. The quantitative estimate of drug-likeness (QED) is 0.409. The van der Waals surface area contributed by atoms with E-state index in [-0.39, 0.29) is 28.6 Å². The first-order valence-electron chi connectivity index (χ1n) is 9.90. The molecule has 0 aliphatic carbocycles. The molecule has 0 atom stereocenters. The number of thiophene rings is 1. The van der Waals surface area contributed by atoms with E-state index in [0.717, 1.165) is 22.4 Å². The summed E-state index contributed by atoms with van der Waals surface area (Å²) in [6.45, 7) is 10.3. The van der Waals surface area contributed by atoms with Gasteiger partial charge in [0.25, 0.3) is 5.56 Å². The summed E-state index contributed by atoms with van der Waals surface area (Å²) in [5, 5.41) is 4.08. The van der Waals surface area contributed by atoms with Crippen LogP contribution in [0.3, 0.4) is 0 Å². The summed E-state index contributed by atoms with van der Waals surface area (Å²) < 4.78 is 15.0. The zero-order valence-corrected chi connectivity index (χ0v) is 19.5. The van der Waals surface area contributed by atoms with Crippen LogP contribution >= 0.6 is 23.1 Å². The van der Waals surface area contributed by atoms with E-state index < -0.39 is 0 Å². The lowest BCUT2D eigenvalue weighted by molar-refractivity contribution is -0.120. The third-order valence-electron chi connectivity index (χ3n) is 5.10. The van der Waals surface area contributed by atoms with Crippen molar-refractivity contribution in [3.63, 3.8) is 0 Å². The molecule has 0 aliphatic heterocycles. The standard InChI is InChI=1S/C22H26FN3O2S2/c1-6-22(4,5)25-16(27)12-29-21-24-19-18(20(28)26(21)7-2)17(13(3)30-19)14-8-10-15(23)11-9-14/h8-11H,6-7,12H2,1-5H3,(H,25,27). The number of nitrogens with one attached hydrogen (secondary N) is 1. The first kappa shape index (κ1) is 22.5. The van der Waals surface area contributed by atoms with Crippen molar-refractivity contribution in [2.75, 3.05) is 5.75 Å². The van der Waals surface area contributed by atoms with Gasteiger partial charge in [0.15, 0.2) is 5.16 Å². The molecule has 160 valence electrons. The summed E-state index contributed by atoms with van der Waals surface area (Å²) in [5.41, 5.74) is 1.19. The van der Waals surface area contributed by atoms with E-state index in [1.54, 1.807) is 16.7 Å². The number of aromatic nitrogens is 2. The Kier molecular flexibility index (Phi) is 6.67. The van der Waals surface area contributed by atoms with Crippen molar-refractivity contribution in [2.24, 2.45) is 0 Å². The van der Waals surface area contributed by atoms with Crippen LogP contribution < -0.4 is 10.9 Å². The summed E-state index contributed by atoms with van der Waals surface area (Å²) in [4.78, 5) is 32.0. The highest BCUT2D eigenvalue weighted by Crippen LogP contribution is 2.36. The van der Waals surface area contributed by atoms with Crippen LogP contribution in [0.5, 0.6) is 0 Å². The fourth-order valence-electron chi connectivity index (χ4n) is 3.16. The monoisotopic (exact) mass is 447 g/mol. The number of nitrogens with zero attached hydrogens (tertiary/aromatic N) is 2. The van der Waals surface area contributed by atoms with Gasteiger partial charge in [-0.15, -0.1) is 11.3 Å². The van der Waals surface area contributed by atoms with Crippen molar-refractivity contribution in [3.05, 3.63) is 45.3 Å². The molecule has 0 saturated carbocycles. The average molecular weight is 448 g/mol. The summed E-state index contributed by atoms with van der Waals surface area (Å²) in [7, 11) is 0. The van der Waals surface area contributed by atoms with E-state index in [1.807, 2.05) is 34.6 Å².